The van der Waals surface area contributed by atoms with Gasteiger partial charge in [-0.05, 0) is 65.8 Å². The van der Waals surface area contributed by atoms with Crippen LogP contribution in [0.25, 0.3) is 22.5 Å². The SMILES string of the molecule is Cn1cnnc1-c1ccccc1-c1cccc(N2Cc3c(cc(CO[C@@H]4CCC[C@@H]4O)cc3C(F)(F)F)C2=O)c1. The standard InChI is InChI=1S/C30H27F3N4O3/c1-36-17-34-35-28(36)22-9-3-2-8-21(22)19-6-4-7-20(14-19)37-15-24-23(29(37)39)12-18(13-25(24)30(31,32)33)16-40-27-11-5-10-26(27)38/h2-4,6-9,12-14,17,26-27,38H,5,10-11,15-16H2,1H3/t26-,27+/m0/s1. The number of hydrogen-bond donors (Lipinski definition) is 1. The Hall–Kier alpha value is -4.02. The van der Waals surface area contributed by atoms with Gasteiger partial charge in [0.05, 0.1) is 30.9 Å². The van der Waals surface area contributed by atoms with E-state index in [2.05, 4.69) is 10.2 Å². The number of anilines is 1. The molecule has 1 fully saturated rings. The quantitative estimate of drug-likeness (QED) is 0.332. The van der Waals surface area contributed by atoms with E-state index in [1.807, 2.05) is 37.4 Å². The first kappa shape index (κ1) is 26.2. The topological polar surface area (TPSA) is 80.5 Å². The second-order valence-corrected chi connectivity index (χ2v) is 10.3. The summed E-state index contributed by atoms with van der Waals surface area (Å²) in [5, 5.41) is 18.2. The van der Waals surface area contributed by atoms with Crippen molar-refractivity contribution in [1.82, 2.24) is 14.8 Å². The lowest BCUT2D eigenvalue weighted by Gasteiger charge is -2.18. The lowest BCUT2D eigenvalue weighted by molar-refractivity contribution is -0.138. The second-order valence-electron chi connectivity index (χ2n) is 10.3. The Morgan fingerprint density at radius 3 is 2.52 bits per heavy atom. The minimum absolute atomic E-state index is 0.0188. The average molecular weight is 549 g/mol. The van der Waals surface area contributed by atoms with Crippen LogP contribution in [0.4, 0.5) is 18.9 Å². The number of nitrogens with zero attached hydrogens (tertiary/aromatic N) is 4. The fourth-order valence-electron chi connectivity index (χ4n) is 5.62. The first-order chi connectivity index (χ1) is 19.2. The lowest BCUT2D eigenvalue weighted by Crippen LogP contribution is -2.23. The van der Waals surface area contributed by atoms with Gasteiger partial charge in [-0.3, -0.25) is 4.79 Å². The maximum absolute atomic E-state index is 14.2. The molecule has 1 N–H and O–H groups in total. The van der Waals surface area contributed by atoms with E-state index in [4.69, 9.17) is 4.74 Å². The highest BCUT2D eigenvalue weighted by atomic mass is 19.4. The zero-order chi connectivity index (χ0) is 28.0. The summed E-state index contributed by atoms with van der Waals surface area (Å²) in [5.41, 5.74) is 2.37. The maximum Gasteiger partial charge on any atom is 0.416 e. The van der Waals surface area contributed by atoms with Crippen LogP contribution in [-0.2, 0) is 31.1 Å². The molecular weight excluding hydrogens is 521 g/mol. The molecule has 1 saturated carbocycles. The van der Waals surface area contributed by atoms with E-state index < -0.39 is 29.9 Å². The minimum Gasteiger partial charge on any atom is -0.390 e. The van der Waals surface area contributed by atoms with Crippen molar-refractivity contribution in [3.63, 3.8) is 0 Å². The molecule has 0 spiro atoms. The van der Waals surface area contributed by atoms with Gasteiger partial charge in [-0.1, -0.05) is 36.4 Å². The number of aromatic nitrogens is 3. The molecule has 2 atom stereocenters. The van der Waals surface area contributed by atoms with Gasteiger partial charge in [-0.15, -0.1) is 10.2 Å². The van der Waals surface area contributed by atoms with Gasteiger partial charge >= 0.3 is 6.18 Å². The number of hydrogen-bond acceptors (Lipinski definition) is 5. The number of amides is 1. The van der Waals surface area contributed by atoms with Crippen molar-refractivity contribution >= 4 is 11.6 Å². The van der Waals surface area contributed by atoms with Crippen molar-refractivity contribution in [2.45, 2.75) is 50.8 Å². The summed E-state index contributed by atoms with van der Waals surface area (Å²) < 4.78 is 50.0. The van der Waals surface area contributed by atoms with Crippen LogP contribution in [0.1, 0.15) is 46.3 Å². The van der Waals surface area contributed by atoms with Crippen LogP contribution in [0, 0.1) is 0 Å². The van der Waals surface area contributed by atoms with E-state index in [-0.39, 0.29) is 29.8 Å². The molecule has 4 aromatic rings. The zero-order valence-electron chi connectivity index (χ0n) is 21.7. The summed E-state index contributed by atoms with van der Waals surface area (Å²) in [4.78, 5) is 14.9. The molecule has 10 heteroatoms. The number of fused-ring (bicyclic) bond motifs is 1. The second kappa shape index (κ2) is 10.2. The summed E-state index contributed by atoms with van der Waals surface area (Å²) >= 11 is 0. The van der Waals surface area contributed by atoms with Gasteiger partial charge in [0.1, 0.15) is 6.33 Å². The van der Waals surface area contributed by atoms with Crippen molar-refractivity contribution < 1.29 is 27.8 Å². The molecule has 6 rings (SSSR count). The number of aliphatic hydroxyl groups excluding tert-OH is 1. The minimum atomic E-state index is -4.64. The third kappa shape index (κ3) is 4.77. The van der Waals surface area contributed by atoms with Crippen molar-refractivity contribution in [2.75, 3.05) is 4.90 Å². The third-order valence-corrected chi connectivity index (χ3v) is 7.64. The number of halogens is 3. The Bertz CT molecular complexity index is 1580. The molecular formula is C30H27F3N4O3. The molecule has 3 aromatic carbocycles. The molecule has 1 aromatic heterocycles. The number of carbonyl (C=O) groups excluding carboxylic acids is 1. The molecule has 40 heavy (non-hydrogen) atoms. The van der Waals surface area contributed by atoms with Crippen LogP contribution in [0.15, 0.2) is 67.0 Å². The molecule has 1 aliphatic carbocycles. The van der Waals surface area contributed by atoms with Gasteiger partial charge in [-0.25, -0.2) is 0 Å². The fourth-order valence-corrected chi connectivity index (χ4v) is 5.62. The van der Waals surface area contributed by atoms with Crippen molar-refractivity contribution in [2.24, 2.45) is 7.05 Å². The normalized spacial score (nSPS) is 18.9. The van der Waals surface area contributed by atoms with Gasteiger partial charge in [0.15, 0.2) is 5.82 Å². The molecule has 0 unspecified atom stereocenters. The van der Waals surface area contributed by atoms with Gasteiger partial charge in [0.2, 0.25) is 0 Å². The monoisotopic (exact) mass is 548 g/mol. The molecule has 7 nitrogen and oxygen atoms in total. The van der Waals surface area contributed by atoms with Crippen molar-refractivity contribution in [3.8, 4) is 22.5 Å². The Morgan fingerprint density at radius 2 is 1.82 bits per heavy atom. The number of ether oxygens (including phenoxy) is 1. The molecule has 0 radical (unpaired) electrons. The smallest absolute Gasteiger partial charge is 0.390 e. The van der Waals surface area contributed by atoms with E-state index in [0.29, 0.717) is 24.4 Å². The highest BCUT2D eigenvalue weighted by molar-refractivity contribution is 6.10. The van der Waals surface area contributed by atoms with E-state index in [1.54, 1.807) is 29.1 Å². The largest absolute Gasteiger partial charge is 0.416 e. The molecule has 0 saturated heterocycles. The molecule has 2 heterocycles. The van der Waals surface area contributed by atoms with Crippen LogP contribution in [-0.4, -0.2) is 38.0 Å². The summed E-state index contributed by atoms with van der Waals surface area (Å²) in [6, 6.07) is 17.4. The van der Waals surface area contributed by atoms with Crippen LogP contribution >= 0.6 is 0 Å². The zero-order valence-corrected chi connectivity index (χ0v) is 21.7. The van der Waals surface area contributed by atoms with Crippen LogP contribution in [0.3, 0.4) is 0 Å². The Balaban J connectivity index is 1.33. The Morgan fingerprint density at radius 1 is 1.02 bits per heavy atom. The third-order valence-electron chi connectivity index (χ3n) is 7.64. The van der Waals surface area contributed by atoms with Crippen molar-refractivity contribution in [3.05, 3.63) is 89.2 Å². The highest BCUT2D eigenvalue weighted by Gasteiger charge is 2.40. The fraction of sp³-hybridized carbons (Fsp3) is 0.300. The van der Waals surface area contributed by atoms with Gasteiger partial charge in [0, 0.05) is 23.9 Å². The van der Waals surface area contributed by atoms with Gasteiger partial charge in [0.25, 0.3) is 5.91 Å². The predicted octanol–water partition coefficient (Wildman–Crippen LogP) is 5.76. The molecule has 1 aliphatic heterocycles. The van der Waals surface area contributed by atoms with Crippen LogP contribution in [0.2, 0.25) is 0 Å². The molecule has 1 amide bonds. The van der Waals surface area contributed by atoms with Gasteiger partial charge in [-0.2, -0.15) is 13.2 Å². The van der Waals surface area contributed by atoms with E-state index in [1.165, 1.54) is 11.0 Å². The van der Waals surface area contributed by atoms with Gasteiger partial charge < -0.3 is 19.3 Å². The van der Waals surface area contributed by atoms with E-state index >= 15 is 0 Å². The van der Waals surface area contributed by atoms with E-state index in [0.717, 1.165) is 29.2 Å². The van der Waals surface area contributed by atoms with Crippen molar-refractivity contribution in [1.29, 1.82) is 0 Å². The Kier molecular flexibility index (Phi) is 6.67. The number of aryl methyl sites for hydroxylation is 1. The number of benzene rings is 3. The Labute approximate surface area is 228 Å². The number of aliphatic hydroxyl groups is 1. The van der Waals surface area contributed by atoms with Crippen LogP contribution < -0.4 is 4.90 Å². The number of alkyl halides is 3. The summed E-state index contributed by atoms with van der Waals surface area (Å²) in [5.74, 6) is 0.169. The maximum atomic E-state index is 14.2. The molecule has 206 valence electrons. The van der Waals surface area contributed by atoms with Crippen LogP contribution in [0.5, 0.6) is 0 Å². The summed E-state index contributed by atoms with van der Waals surface area (Å²) in [6.45, 7) is -0.306. The first-order valence-electron chi connectivity index (χ1n) is 13.1. The first-order valence-corrected chi connectivity index (χ1v) is 13.1. The molecule has 2 aliphatic rings. The van der Waals surface area contributed by atoms with E-state index in [9.17, 15) is 23.1 Å². The molecule has 0 bridgehead atoms. The number of rotatable bonds is 6. The summed E-state index contributed by atoms with van der Waals surface area (Å²) in [7, 11) is 1.84. The highest BCUT2D eigenvalue weighted by Crippen LogP contribution is 2.41. The predicted molar refractivity (Wildman–Crippen MR) is 142 cm³/mol. The summed E-state index contributed by atoms with van der Waals surface area (Å²) in [6.07, 6.45) is -2.00. The lowest BCUT2D eigenvalue weighted by atomic mass is 9.98. The average Bonchev–Trinajstić information content (AvgIpc) is 3.65. The number of carbonyl (C=O) groups is 1.